The highest BCUT2D eigenvalue weighted by molar-refractivity contribution is 7.92. The molecule has 3 aromatic carbocycles. The molecule has 1 amide bonds. The SMILES string of the molecule is O=C(CN(c1ccc(F)cc1)S(=O)(=O)c1ccc2c(c1)OCCO2)NCc1ccc(CN2CCOCC2)cc1. The molecular formula is C28H30FN3O6S. The highest BCUT2D eigenvalue weighted by Crippen LogP contribution is 2.34. The van der Waals surface area contributed by atoms with Crippen LogP contribution in [0.15, 0.2) is 71.6 Å². The monoisotopic (exact) mass is 555 g/mol. The van der Waals surface area contributed by atoms with E-state index in [9.17, 15) is 17.6 Å². The zero-order chi connectivity index (χ0) is 27.2. The average Bonchev–Trinajstić information content (AvgIpc) is 2.96. The second kappa shape index (κ2) is 12.0. The number of carbonyl (C=O) groups excluding carboxylic acids is 1. The third-order valence-corrected chi connectivity index (χ3v) is 8.30. The molecule has 1 saturated heterocycles. The molecule has 5 rings (SSSR count). The summed E-state index contributed by atoms with van der Waals surface area (Å²) in [5, 5.41) is 2.79. The number of hydrogen-bond donors (Lipinski definition) is 1. The number of benzene rings is 3. The Morgan fingerprint density at radius 3 is 2.26 bits per heavy atom. The number of fused-ring (bicyclic) bond motifs is 1. The van der Waals surface area contributed by atoms with Gasteiger partial charge in [-0.25, -0.2) is 12.8 Å². The van der Waals surface area contributed by atoms with Crippen LogP contribution >= 0.6 is 0 Å². The van der Waals surface area contributed by atoms with Crippen molar-refractivity contribution in [1.82, 2.24) is 10.2 Å². The molecule has 3 aromatic rings. The minimum Gasteiger partial charge on any atom is -0.486 e. The lowest BCUT2D eigenvalue weighted by Gasteiger charge is -2.26. The zero-order valence-corrected chi connectivity index (χ0v) is 22.2. The summed E-state index contributed by atoms with van der Waals surface area (Å²) in [7, 11) is -4.20. The van der Waals surface area contributed by atoms with Crippen LogP contribution < -0.4 is 19.1 Å². The van der Waals surface area contributed by atoms with Gasteiger partial charge in [-0.05, 0) is 47.5 Å². The number of amides is 1. The fourth-order valence-electron chi connectivity index (χ4n) is 4.40. The number of hydrogen-bond acceptors (Lipinski definition) is 7. The normalized spacial score (nSPS) is 15.5. The number of nitrogens with one attached hydrogen (secondary N) is 1. The molecule has 0 atom stereocenters. The predicted molar refractivity (Wildman–Crippen MR) is 143 cm³/mol. The summed E-state index contributed by atoms with van der Waals surface area (Å²) in [6.45, 7) is 4.53. The van der Waals surface area contributed by atoms with Crippen LogP contribution in [0.4, 0.5) is 10.1 Å². The molecule has 1 N–H and O–H groups in total. The van der Waals surface area contributed by atoms with E-state index in [4.69, 9.17) is 14.2 Å². The molecule has 2 aliphatic heterocycles. The van der Waals surface area contributed by atoms with Gasteiger partial charge in [0, 0.05) is 32.2 Å². The third-order valence-electron chi connectivity index (χ3n) is 6.53. The van der Waals surface area contributed by atoms with E-state index in [2.05, 4.69) is 10.2 Å². The van der Waals surface area contributed by atoms with Crippen molar-refractivity contribution in [3.05, 3.63) is 83.7 Å². The largest absolute Gasteiger partial charge is 0.486 e. The maximum Gasteiger partial charge on any atom is 0.264 e. The first-order chi connectivity index (χ1) is 18.9. The van der Waals surface area contributed by atoms with Crippen molar-refractivity contribution in [1.29, 1.82) is 0 Å². The van der Waals surface area contributed by atoms with Gasteiger partial charge in [-0.15, -0.1) is 0 Å². The Kier molecular flexibility index (Phi) is 8.30. The Balaban J connectivity index is 1.27. The van der Waals surface area contributed by atoms with Crippen LogP contribution in [0, 0.1) is 5.82 Å². The summed E-state index contributed by atoms with van der Waals surface area (Å²) in [4.78, 5) is 15.2. The van der Waals surface area contributed by atoms with Gasteiger partial charge in [0.1, 0.15) is 25.6 Å². The molecule has 206 valence electrons. The van der Waals surface area contributed by atoms with E-state index >= 15 is 0 Å². The Morgan fingerprint density at radius 1 is 0.872 bits per heavy atom. The van der Waals surface area contributed by atoms with E-state index < -0.39 is 28.3 Å². The van der Waals surface area contributed by atoms with E-state index in [1.54, 1.807) is 0 Å². The summed E-state index contributed by atoms with van der Waals surface area (Å²) in [6.07, 6.45) is 0. The third kappa shape index (κ3) is 6.67. The van der Waals surface area contributed by atoms with Crippen LogP contribution in [0.3, 0.4) is 0 Å². The van der Waals surface area contributed by atoms with Gasteiger partial charge in [0.05, 0.1) is 23.8 Å². The first-order valence-corrected chi connectivity index (χ1v) is 14.1. The van der Waals surface area contributed by atoms with Crippen LogP contribution in [0.25, 0.3) is 0 Å². The van der Waals surface area contributed by atoms with Gasteiger partial charge in [0.2, 0.25) is 5.91 Å². The number of morpholine rings is 1. The summed E-state index contributed by atoms with van der Waals surface area (Å²) >= 11 is 0. The van der Waals surface area contributed by atoms with Crippen molar-refractivity contribution in [3.63, 3.8) is 0 Å². The predicted octanol–water partition coefficient (Wildman–Crippen LogP) is 2.94. The first kappa shape index (κ1) is 26.9. The lowest BCUT2D eigenvalue weighted by molar-refractivity contribution is -0.119. The average molecular weight is 556 g/mol. The van der Waals surface area contributed by atoms with Gasteiger partial charge < -0.3 is 19.5 Å². The Labute approximate surface area is 227 Å². The van der Waals surface area contributed by atoms with Crippen molar-refractivity contribution in [3.8, 4) is 11.5 Å². The van der Waals surface area contributed by atoms with E-state index in [0.29, 0.717) is 24.7 Å². The number of halogens is 1. The van der Waals surface area contributed by atoms with Crippen molar-refractivity contribution in [2.24, 2.45) is 0 Å². The lowest BCUT2D eigenvalue weighted by atomic mass is 10.1. The minimum atomic E-state index is -4.20. The quantitative estimate of drug-likeness (QED) is 0.434. The fourth-order valence-corrected chi connectivity index (χ4v) is 5.84. The van der Waals surface area contributed by atoms with Gasteiger partial charge in [0.25, 0.3) is 10.0 Å². The van der Waals surface area contributed by atoms with Gasteiger partial charge >= 0.3 is 0 Å². The minimum absolute atomic E-state index is 0.0697. The number of rotatable bonds is 9. The molecule has 2 aliphatic rings. The van der Waals surface area contributed by atoms with Gasteiger partial charge in [0.15, 0.2) is 11.5 Å². The number of nitrogens with zero attached hydrogens (tertiary/aromatic N) is 2. The molecule has 0 unspecified atom stereocenters. The molecule has 9 nitrogen and oxygen atoms in total. The molecule has 0 saturated carbocycles. The molecule has 0 aromatic heterocycles. The van der Waals surface area contributed by atoms with E-state index in [0.717, 1.165) is 54.8 Å². The number of sulfonamides is 1. The highest BCUT2D eigenvalue weighted by Gasteiger charge is 2.29. The fraction of sp³-hybridized carbons (Fsp3) is 0.321. The summed E-state index contributed by atoms with van der Waals surface area (Å²) < 4.78 is 58.3. The molecule has 2 heterocycles. The summed E-state index contributed by atoms with van der Waals surface area (Å²) in [6, 6.07) is 17.2. The topological polar surface area (TPSA) is 97.4 Å². The van der Waals surface area contributed by atoms with Crippen LogP contribution in [0.5, 0.6) is 11.5 Å². The van der Waals surface area contributed by atoms with Crippen molar-refractivity contribution < 1.29 is 31.8 Å². The molecule has 11 heteroatoms. The molecule has 0 radical (unpaired) electrons. The second-order valence-electron chi connectivity index (χ2n) is 9.28. The maximum atomic E-state index is 13.7. The Hall–Kier alpha value is -3.67. The molecule has 39 heavy (non-hydrogen) atoms. The molecule has 1 fully saturated rings. The Bertz CT molecular complexity index is 1390. The van der Waals surface area contributed by atoms with Crippen molar-refractivity contribution in [2.75, 3.05) is 50.4 Å². The number of carbonyl (C=O) groups is 1. The van der Waals surface area contributed by atoms with E-state index in [1.165, 1.54) is 35.9 Å². The van der Waals surface area contributed by atoms with Gasteiger partial charge in [-0.1, -0.05) is 24.3 Å². The van der Waals surface area contributed by atoms with Crippen molar-refractivity contribution >= 4 is 21.6 Å². The molecular weight excluding hydrogens is 525 g/mol. The van der Waals surface area contributed by atoms with Crippen LogP contribution in [0.2, 0.25) is 0 Å². The van der Waals surface area contributed by atoms with Crippen LogP contribution in [-0.4, -0.2) is 65.3 Å². The van der Waals surface area contributed by atoms with E-state index in [-0.39, 0.29) is 17.1 Å². The standard InChI is InChI=1S/C28H30FN3O6S/c29-23-5-7-24(8-6-23)32(39(34,35)25-9-10-26-27(17-25)38-16-15-37-26)20-28(33)30-18-21-1-3-22(4-2-21)19-31-11-13-36-14-12-31/h1-10,17H,11-16,18-20H2,(H,30,33). The summed E-state index contributed by atoms with van der Waals surface area (Å²) in [5.41, 5.74) is 2.21. The van der Waals surface area contributed by atoms with Gasteiger partial charge in [-0.2, -0.15) is 0 Å². The molecule has 0 bridgehead atoms. The second-order valence-corrected chi connectivity index (χ2v) is 11.1. The van der Waals surface area contributed by atoms with E-state index in [1.807, 2.05) is 24.3 Å². The highest BCUT2D eigenvalue weighted by atomic mass is 32.2. The maximum absolute atomic E-state index is 13.7. The first-order valence-electron chi connectivity index (χ1n) is 12.7. The lowest BCUT2D eigenvalue weighted by Crippen LogP contribution is -2.40. The van der Waals surface area contributed by atoms with Crippen LogP contribution in [0.1, 0.15) is 11.1 Å². The molecule has 0 aliphatic carbocycles. The number of ether oxygens (including phenoxy) is 3. The summed E-state index contributed by atoms with van der Waals surface area (Å²) in [5.74, 6) is -0.264. The smallest absolute Gasteiger partial charge is 0.264 e. The van der Waals surface area contributed by atoms with Gasteiger partial charge in [-0.3, -0.25) is 14.0 Å². The molecule has 0 spiro atoms. The van der Waals surface area contributed by atoms with Crippen molar-refractivity contribution in [2.45, 2.75) is 18.0 Å². The van der Waals surface area contributed by atoms with Crippen LogP contribution in [-0.2, 0) is 32.6 Å². The zero-order valence-electron chi connectivity index (χ0n) is 21.3. The Morgan fingerprint density at radius 2 is 1.54 bits per heavy atom. The number of anilines is 1.